The van der Waals surface area contributed by atoms with Crippen molar-refractivity contribution in [1.82, 2.24) is 25.5 Å². The highest BCUT2D eigenvalue weighted by molar-refractivity contribution is 4.83. The lowest BCUT2D eigenvalue weighted by Gasteiger charge is -2.23. The first-order chi connectivity index (χ1) is 9.04. The first-order valence-electron chi connectivity index (χ1n) is 7.16. The molecule has 0 aliphatic carbocycles. The maximum atomic E-state index is 5.73. The van der Waals surface area contributed by atoms with Crippen LogP contribution in [0.2, 0.25) is 0 Å². The maximum absolute atomic E-state index is 5.73. The third-order valence-corrected chi connectivity index (χ3v) is 3.32. The van der Waals surface area contributed by atoms with Crippen LogP contribution in [0.3, 0.4) is 0 Å². The molecule has 2 rings (SSSR count). The summed E-state index contributed by atoms with van der Waals surface area (Å²) in [5, 5.41) is 15.3. The molecule has 6 heteroatoms. The molecule has 19 heavy (non-hydrogen) atoms. The molecule has 6 nitrogen and oxygen atoms in total. The van der Waals surface area contributed by atoms with Crippen molar-refractivity contribution in [2.75, 3.05) is 6.61 Å². The van der Waals surface area contributed by atoms with Crippen molar-refractivity contribution < 1.29 is 4.74 Å². The summed E-state index contributed by atoms with van der Waals surface area (Å²) in [5.41, 5.74) is 0.0727. The van der Waals surface area contributed by atoms with E-state index in [9.17, 15) is 0 Å². The molecular weight excluding hydrogens is 242 g/mol. The van der Waals surface area contributed by atoms with Crippen molar-refractivity contribution in [3.8, 4) is 0 Å². The SMILES string of the molecule is CC(C)(C)NCc1nnnn1CCC1CCCCO1. The van der Waals surface area contributed by atoms with Crippen molar-refractivity contribution in [2.24, 2.45) is 0 Å². The fourth-order valence-electron chi connectivity index (χ4n) is 2.17. The molecule has 2 heterocycles. The molecule has 0 bridgehead atoms. The second-order valence-corrected chi connectivity index (χ2v) is 6.20. The number of tetrazole rings is 1. The molecule has 1 aromatic heterocycles. The van der Waals surface area contributed by atoms with Crippen LogP contribution >= 0.6 is 0 Å². The third-order valence-electron chi connectivity index (χ3n) is 3.32. The Morgan fingerprint density at radius 2 is 2.21 bits per heavy atom. The Morgan fingerprint density at radius 3 is 2.89 bits per heavy atom. The minimum Gasteiger partial charge on any atom is -0.378 e. The summed E-state index contributed by atoms with van der Waals surface area (Å²) >= 11 is 0. The third kappa shape index (κ3) is 4.87. The van der Waals surface area contributed by atoms with Crippen LogP contribution in [-0.2, 0) is 17.8 Å². The van der Waals surface area contributed by atoms with Gasteiger partial charge in [0.25, 0.3) is 0 Å². The van der Waals surface area contributed by atoms with Crippen molar-refractivity contribution >= 4 is 0 Å². The highest BCUT2D eigenvalue weighted by Gasteiger charge is 2.16. The molecule has 0 radical (unpaired) electrons. The van der Waals surface area contributed by atoms with Crippen molar-refractivity contribution in [1.29, 1.82) is 0 Å². The lowest BCUT2D eigenvalue weighted by Crippen LogP contribution is -2.36. The highest BCUT2D eigenvalue weighted by Crippen LogP contribution is 2.16. The number of aromatic nitrogens is 4. The number of ether oxygens (including phenoxy) is 1. The van der Waals surface area contributed by atoms with E-state index >= 15 is 0 Å². The average molecular weight is 267 g/mol. The van der Waals surface area contributed by atoms with E-state index < -0.39 is 0 Å². The van der Waals surface area contributed by atoms with E-state index in [0.717, 1.165) is 31.8 Å². The molecule has 0 aromatic carbocycles. The second kappa shape index (κ2) is 6.43. The van der Waals surface area contributed by atoms with Crippen LogP contribution in [0, 0.1) is 0 Å². The lowest BCUT2D eigenvalue weighted by molar-refractivity contribution is 0.00805. The summed E-state index contributed by atoms with van der Waals surface area (Å²) in [4.78, 5) is 0. The molecule has 108 valence electrons. The average Bonchev–Trinajstić information content (AvgIpc) is 2.82. The van der Waals surface area contributed by atoms with Gasteiger partial charge in [-0.2, -0.15) is 0 Å². The molecule has 1 aromatic rings. The number of hydrogen-bond acceptors (Lipinski definition) is 5. The van der Waals surface area contributed by atoms with Crippen molar-refractivity contribution in [3.63, 3.8) is 0 Å². The van der Waals surface area contributed by atoms with Crippen LogP contribution in [0.4, 0.5) is 0 Å². The maximum Gasteiger partial charge on any atom is 0.165 e. The lowest BCUT2D eigenvalue weighted by atomic mass is 10.1. The van der Waals surface area contributed by atoms with Gasteiger partial charge in [0.05, 0.1) is 12.6 Å². The van der Waals surface area contributed by atoms with Gasteiger partial charge in [-0.25, -0.2) is 4.68 Å². The van der Waals surface area contributed by atoms with E-state index in [2.05, 4.69) is 41.6 Å². The zero-order chi connectivity index (χ0) is 13.7. The van der Waals surface area contributed by atoms with Crippen LogP contribution in [0.1, 0.15) is 52.3 Å². The van der Waals surface area contributed by atoms with E-state index in [4.69, 9.17) is 4.74 Å². The largest absolute Gasteiger partial charge is 0.378 e. The van der Waals surface area contributed by atoms with Crippen LogP contribution in [0.15, 0.2) is 0 Å². The summed E-state index contributed by atoms with van der Waals surface area (Å²) in [5.74, 6) is 0.894. The van der Waals surface area contributed by atoms with Gasteiger partial charge in [-0.05, 0) is 56.9 Å². The van der Waals surface area contributed by atoms with Gasteiger partial charge < -0.3 is 10.1 Å². The zero-order valence-electron chi connectivity index (χ0n) is 12.2. The monoisotopic (exact) mass is 267 g/mol. The fourth-order valence-corrected chi connectivity index (χ4v) is 2.17. The quantitative estimate of drug-likeness (QED) is 0.876. The molecule has 1 N–H and O–H groups in total. The van der Waals surface area contributed by atoms with Gasteiger partial charge in [0.2, 0.25) is 0 Å². The Hall–Kier alpha value is -1.01. The summed E-state index contributed by atoms with van der Waals surface area (Å²) in [7, 11) is 0. The van der Waals surface area contributed by atoms with Gasteiger partial charge in [0, 0.05) is 18.7 Å². The molecule has 1 unspecified atom stereocenters. The number of nitrogens with zero attached hydrogens (tertiary/aromatic N) is 4. The Morgan fingerprint density at radius 1 is 1.37 bits per heavy atom. The smallest absolute Gasteiger partial charge is 0.165 e. The van der Waals surface area contributed by atoms with Gasteiger partial charge in [0.1, 0.15) is 0 Å². The standard InChI is InChI=1S/C13H25N5O/c1-13(2,3)14-10-12-15-16-17-18(12)8-7-11-6-4-5-9-19-11/h11,14H,4-10H2,1-3H3. The van der Waals surface area contributed by atoms with Gasteiger partial charge in [-0.3, -0.25) is 0 Å². The summed E-state index contributed by atoms with van der Waals surface area (Å²) < 4.78 is 7.62. The molecule has 1 aliphatic heterocycles. The van der Waals surface area contributed by atoms with Gasteiger partial charge in [-0.15, -0.1) is 5.10 Å². The summed E-state index contributed by atoms with van der Waals surface area (Å²) in [6.07, 6.45) is 5.01. The Balaban J connectivity index is 1.81. The molecule has 1 fully saturated rings. The highest BCUT2D eigenvalue weighted by atomic mass is 16.5. The molecule has 1 saturated heterocycles. The number of rotatable bonds is 5. The Kier molecular flexibility index (Phi) is 4.87. The number of hydrogen-bond donors (Lipinski definition) is 1. The molecule has 0 spiro atoms. The van der Waals surface area contributed by atoms with E-state index in [-0.39, 0.29) is 5.54 Å². The number of aryl methyl sites for hydroxylation is 1. The van der Waals surface area contributed by atoms with Crippen LogP contribution in [0.25, 0.3) is 0 Å². The van der Waals surface area contributed by atoms with Gasteiger partial charge in [-0.1, -0.05) is 0 Å². The first-order valence-corrected chi connectivity index (χ1v) is 7.16. The normalized spacial score (nSPS) is 20.7. The van der Waals surface area contributed by atoms with Crippen LogP contribution < -0.4 is 5.32 Å². The molecule has 1 atom stereocenters. The summed E-state index contributed by atoms with van der Waals surface area (Å²) in [6.45, 7) is 8.84. The van der Waals surface area contributed by atoms with E-state index in [0.29, 0.717) is 12.6 Å². The van der Waals surface area contributed by atoms with Crippen LogP contribution in [0.5, 0.6) is 0 Å². The van der Waals surface area contributed by atoms with Crippen molar-refractivity contribution in [2.45, 2.75) is 71.2 Å². The van der Waals surface area contributed by atoms with Gasteiger partial charge >= 0.3 is 0 Å². The second-order valence-electron chi connectivity index (χ2n) is 6.20. The predicted octanol–water partition coefficient (Wildman–Crippen LogP) is 1.52. The van der Waals surface area contributed by atoms with Crippen molar-refractivity contribution in [3.05, 3.63) is 5.82 Å². The molecular formula is C13H25N5O. The molecule has 0 amide bonds. The topological polar surface area (TPSA) is 64.9 Å². The first kappa shape index (κ1) is 14.4. The minimum absolute atomic E-state index is 0.0727. The Labute approximate surface area is 114 Å². The van der Waals surface area contributed by atoms with Crippen LogP contribution in [-0.4, -0.2) is 38.5 Å². The van der Waals surface area contributed by atoms with Gasteiger partial charge in [0.15, 0.2) is 5.82 Å². The van der Waals surface area contributed by atoms with E-state index in [1.54, 1.807) is 0 Å². The minimum atomic E-state index is 0.0727. The number of nitrogens with one attached hydrogen (secondary N) is 1. The zero-order valence-corrected chi connectivity index (χ0v) is 12.2. The molecule has 1 aliphatic rings. The van der Waals surface area contributed by atoms with E-state index in [1.807, 2.05) is 4.68 Å². The Bertz CT molecular complexity index is 379. The predicted molar refractivity (Wildman–Crippen MR) is 72.6 cm³/mol. The molecule has 0 saturated carbocycles. The summed E-state index contributed by atoms with van der Waals surface area (Å²) in [6, 6.07) is 0. The van der Waals surface area contributed by atoms with E-state index in [1.165, 1.54) is 12.8 Å². The fraction of sp³-hybridized carbons (Fsp3) is 0.923.